The van der Waals surface area contributed by atoms with Crippen LogP contribution in [0.4, 0.5) is 0 Å². The normalized spacial score (nSPS) is 9.68. The largest absolute Gasteiger partial charge is 1.00 e. The average Bonchev–Trinajstić information content (AvgIpc) is 2.60. The van der Waals surface area contributed by atoms with Crippen LogP contribution < -0.4 is 18.9 Å². The van der Waals surface area contributed by atoms with Crippen molar-refractivity contribution in [3.8, 4) is 0 Å². The fourth-order valence-corrected chi connectivity index (χ4v) is 1.66. The number of hydrogen-bond acceptors (Lipinski definition) is 4. The van der Waals surface area contributed by atoms with Crippen molar-refractivity contribution in [2.45, 2.75) is 52.4 Å². The molecule has 0 radical (unpaired) electrons. The van der Waals surface area contributed by atoms with Gasteiger partial charge < -0.3 is 32.1 Å². The number of allylic oxidation sites excluding steroid dienone is 2. The summed E-state index contributed by atoms with van der Waals surface area (Å²) in [5, 5.41) is 0. The Labute approximate surface area is 168 Å². The minimum Gasteiger partial charge on any atom is -0.518 e. The van der Waals surface area contributed by atoms with Crippen LogP contribution in [0.3, 0.4) is 0 Å². The Balaban J connectivity index is -0.000000372. The standard InChI is InChI=1S/2C10H19O2.Li/c2*1-3-5-6-7-8-12-10-9-11-4-2;/h2*1,3H,4-10H2,2H3;/q2*-1;+1. The molecule has 0 aliphatic heterocycles. The third-order valence-electron chi connectivity index (χ3n) is 2.97. The summed E-state index contributed by atoms with van der Waals surface area (Å²) in [6.07, 6.45) is 9.75. The molecular formula is C20H38LiO4-. The van der Waals surface area contributed by atoms with E-state index in [1.165, 1.54) is 0 Å². The summed E-state index contributed by atoms with van der Waals surface area (Å²) in [6.45, 7) is 20.4. The van der Waals surface area contributed by atoms with Crippen LogP contribution in [0.2, 0.25) is 0 Å². The van der Waals surface area contributed by atoms with E-state index in [1.54, 1.807) is 12.2 Å². The topological polar surface area (TPSA) is 36.9 Å². The number of rotatable bonds is 18. The van der Waals surface area contributed by atoms with Crippen LogP contribution in [0.15, 0.2) is 12.2 Å². The molecular weight excluding hydrogens is 311 g/mol. The Morgan fingerprint density at radius 2 is 0.920 bits per heavy atom. The van der Waals surface area contributed by atoms with Gasteiger partial charge in [-0.2, -0.15) is 0 Å². The van der Waals surface area contributed by atoms with Crippen LogP contribution in [0.25, 0.3) is 0 Å². The molecule has 25 heavy (non-hydrogen) atoms. The fourth-order valence-electron chi connectivity index (χ4n) is 1.66. The molecule has 0 heterocycles. The van der Waals surface area contributed by atoms with Crippen LogP contribution in [0, 0.1) is 13.2 Å². The second-order valence-corrected chi connectivity index (χ2v) is 5.08. The van der Waals surface area contributed by atoms with Gasteiger partial charge in [0.15, 0.2) is 0 Å². The van der Waals surface area contributed by atoms with Gasteiger partial charge in [-0.25, -0.2) is 0 Å². The molecule has 4 nitrogen and oxygen atoms in total. The molecule has 0 amide bonds. The first kappa shape index (κ1) is 29.7. The van der Waals surface area contributed by atoms with Gasteiger partial charge in [0.25, 0.3) is 0 Å². The predicted molar refractivity (Wildman–Crippen MR) is 100 cm³/mol. The molecule has 0 aromatic carbocycles. The van der Waals surface area contributed by atoms with Crippen LogP contribution in [0.5, 0.6) is 0 Å². The van der Waals surface area contributed by atoms with Crippen LogP contribution in [-0.2, 0) is 18.9 Å². The monoisotopic (exact) mass is 349 g/mol. The van der Waals surface area contributed by atoms with Crippen molar-refractivity contribution in [3.05, 3.63) is 25.3 Å². The van der Waals surface area contributed by atoms with E-state index in [1.807, 2.05) is 13.8 Å². The Kier molecular flexibility index (Phi) is 37.6. The Bertz CT molecular complexity index is 214. The summed E-state index contributed by atoms with van der Waals surface area (Å²) in [5.41, 5.74) is 0. The zero-order chi connectivity index (χ0) is 18.1. The zero-order valence-corrected chi connectivity index (χ0v) is 16.8. The SMILES string of the molecule is [CH-]=CCCCCOCCOCC.[CH-]=CCCCCOCCOCC.[Li+]. The smallest absolute Gasteiger partial charge is 0.518 e. The molecule has 0 bridgehead atoms. The predicted octanol–water partition coefficient (Wildman–Crippen LogP) is 1.40. The third-order valence-corrected chi connectivity index (χ3v) is 2.97. The molecule has 144 valence electrons. The molecule has 0 aliphatic carbocycles. The summed E-state index contributed by atoms with van der Waals surface area (Å²) in [6, 6.07) is 0. The molecule has 0 aromatic rings. The molecule has 0 atom stereocenters. The van der Waals surface area contributed by atoms with Gasteiger partial charge in [0, 0.05) is 26.4 Å². The van der Waals surface area contributed by atoms with E-state index in [0.717, 1.165) is 65.0 Å². The molecule has 5 heteroatoms. The zero-order valence-electron chi connectivity index (χ0n) is 16.8. The van der Waals surface area contributed by atoms with E-state index in [4.69, 9.17) is 32.1 Å². The molecule has 0 N–H and O–H groups in total. The van der Waals surface area contributed by atoms with Gasteiger partial charge in [-0.05, 0) is 26.7 Å². The first-order valence-corrected chi connectivity index (χ1v) is 9.21. The van der Waals surface area contributed by atoms with Crippen molar-refractivity contribution in [1.82, 2.24) is 0 Å². The third kappa shape index (κ3) is 35.8. The van der Waals surface area contributed by atoms with Crippen molar-refractivity contribution < 1.29 is 37.8 Å². The summed E-state index contributed by atoms with van der Waals surface area (Å²) < 4.78 is 20.8. The molecule has 0 rings (SSSR count). The number of ether oxygens (including phenoxy) is 4. The van der Waals surface area contributed by atoms with E-state index in [0.29, 0.717) is 26.4 Å². The van der Waals surface area contributed by atoms with Crippen molar-refractivity contribution in [2.24, 2.45) is 0 Å². The van der Waals surface area contributed by atoms with Gasteiger partial charge in [-0.15, -0.1) is 0 Å². The van der Waals surface area contributed by atoms with Gasteiger partial charge in [0.1, 0.15) is 0 Å². The Morgan fingerprint density at radius 1 is 0.560 bits per heavy atom. The average molecular weight is 349 g/mol. The second kappa shape index (κ2) is 31.7. The first-order chi connectivity index (χ1) is 11.8. The van der Waals surface area contributed by atoms with Crippen LogP contribution >= 0.6 is 0 Å². The Morgan fingerprint density at radius 3 is 1.24 bits per heavy atom. The van der Waals surface area contributed by atoms with Gasteiger partial charge in [-0.3, -0.25) is 12.2 Å². The van der Waals surface area contributed by atoms with E-state index < -0.39 is 0 Å². The quantitative estimate of drug-likeness (QED) is 0.213. The minimum absolute atomic E-state index is 0. The summed E-state index contributed by atoms with van der Waals surface area (Å²) in [5.74, 6) is 0. The van der Waals surface area contributed by atoms with E-state index >= 15 is 0 Å². The maximum atomic E-state index is 5.30. The van der Waals surface area contributed by atoms with Crippen molar-refractivity contribution in [2.75, 3.05) is 52.9 Å². The van der Waals surface area contributed by atoms with E-state index in [9.17, 15) is 0 Å². The van der Waals surface area contributed by atoms with Gasteiger partial charge in [-0.1, -0.05) is 25.7 Å². The van der Waals surface area contributed by atoms with E-state index in [-0.39, 0.29) is 18.9 Å². The minimum atomic E-state index is 0. The fraction of sp³-hybridized carbons (Fsp3) is 0.800. The van der Waals surface area contributed by atoms with Gasteiger partial charge >= 0.3 is 18.9 Å². The summed E-state index contributed by atoms with van der Waals surface area (Å²) in [7, 11) is 0. The molecule has 0 fully saturated rings. The van der Waals surface area contributed by atoms with Crippen LogP contribution in [-0.4, -0.2) is 52.9 Å². The number of unbranched alkanes of at least 4 members (excludes halogenated alkanes) is 4. The molecule has 0 aliphatic rings. The molecule has 0 spiro atoms. The van der Waals surface area contributed by atoms with Crippen molar-refractivity contribution in [1.29, 1.82) is 0 Å². The summed E-state index contributed by atoms with van der Waals surface area (Å²) >= 11 is 0. The maximum absolute atomic E-state index is 5.30. The number of hydrogen-bond donors (Lipinski definition) is 0. The van der Waals surface area contributed by atoms with Crippen LogP contribution in [0.1, 0.15) is 52.4 Å². The Hall–Kier alpha value is -0.0826. The molecule has 0 saturated heterocycles. The molecule has 0 unspecified atom stereocenters. The van der Waals surface area contributed by atoms with Crippen molar-refractivity contribution >= 4 is 0 Å². The van der Waals surface area contributed by atoms with Crippen molar-refractivity contribution in [3.63, 3.8) is 0 Å². The van der Waals surface area contributed by atoms with Gasteiger partial charge in [0.05, 0.1) is 26.4 Å². The molecule has 0 saturated carbocycles. The first-order valence-electron chi connectivity index (χ1n) is 9.21. The van der Waals surface area contributed by atoms with Gasteiger partial charge in [0.2, 0.25) is 0 Å². The maximum Gasteiger partial charge on any atom is 1.00 e. The second-order valence-electron chi connectivity index (χ2n) is 5.08. The van der Waals surface area contributed by atoms with E-state index in [2.05, 4.69) is 0 Å². The molecule has 0 aromatic heterocycles. The summed E-state index contributed by atoms with van der Waals surface area (Å²) in [4.78, 5) is 0.